The summed E-state index contributed by atoms with van der Waals surface area (Å²) in [5.74, 6) is 0.528. The van der Waals surface area contributed by atoms with Crippen molar-refractivity contribution in [1.29, 1.82) is 0 Å². The highest BCUT2D eigenvalue weighted by molar-refractivity contribution is 5.95. The predicted octanol–water partition coefficient (Wildman–Crippen LogP) is 6.15. The highest BCUT2D eigenvalue weighted by atomic mass is 14.1. The minimum atomic E-state index is 0.528. The molecule has 0 N–H and O–H groups in total. The van der Waals surface area contributed by atoms with Crippen LogP contribution in [0.2, 0.25) is 0 Å². The van der Waals surface area contributed by atoms with Gasteiger partial charge in [-0.15, -0.1) is 6.58 Å². The van der Waals surface area contributed by atoms with Crippen molar-refractivity contribution in [2.75, 3.05) is 0 Å². The zero-order chi connectivity index (χ0) is 14.7. The summed E-state index contributed by atoms with van der Waals surface area (Å²) in [7, 11) is 0. The van der Waals surface area contributed by atoms with Crippen LogP contribution in [0.1, 0.15) is 38.3 Å². The highest BCUT2D eigenvalue weighted by Gasteiger charge is 2.10. The first-order chi connectivity index (χ1) is 9.54. The van der Waals surface area contributed by atoms with Gasteiger partial charge in [-0.2, -0.15) is 0 Å². The van der Waals surface area contributed by atoms with E-state index in [1.54, 1.807) is 0 Å². The first-order valence-electron chi connectivity index (χ1n) is 7.32. The van der Waals surface area contributed by atoms with Gasteiger partial charge in [-0.05, 0) is 60.6 Å². The van der Waals surface area contributed by atoms with E-state index in [0.29, 0.717) is 5.92 Å². The summed E-state index contributed by atoms with van der Waals surface area (Å²) < 4.78 is 0. The fourth-order valence-electron chi connectivity index (χ4n) is 2.81. The Morgan fingerprint density at radius 3 is 2.55 bits per heavy atom. The summed E-state index contributed by atoms with van der Waals surface area (Å²) in [6.45, 7) is 12.8. The molecule has 0 amide bonds. The molecular weight excluding hydrogens is 240 g/mol. The molecule has 0 heteroatoms. The van der Waals surface area contributed by atoms with Crippen molar-refractivity contribution >= 4 is 16.3 Å². The van der Waals surface area contributed by atoms with E-state index in [2.05, 4.69) is 70.7 Å². The van der Waals surface area contributed by atoms with Crippen LogP contribution in [-0.2, 0) is 0 Å². The van der Waals surface area contributed by atoms with Gasteiger partial charge in [-0.1, -0.05) is 55.0 Å². The van der Waals surface area contributed by atoms with Crippen LogP contribution in [0.25, 0.3) is 16.3 Å². The molecule has 0 saturated carbocycles. The van der Waals surface area contributed by atoms with E-state index in [4.69, 9.17) is 0 Å². The zero-order valence-corrected chi connectivity index (χ0v) is 13.0. The van der Waals surface area contributed by atoms with Crippen LogP contribution in [0.3, 0.4) is 0 Å². The van der Waals surface area contributed by atoms with Gasteiger partial charge in [-0.3, -0.25) is 0 Å². The minimum Gasteiger partial charge on any atom is -0.103 e. The average molecular weight is 264 g/mol. The van der Waals surface area contributed by atoms with E-state index >= 15 is 0 Å². The van der Waals surface area contributed by atoms with Crippen molar-refractivity contribution in [3.8, 4) is 0 Å². The molecule has 0 aliphatic rings. The Hall–Kier alpha value is -1.82. The SMILES string of the molecule is C=CC(C)C/C(C)=C(\C)c1c(C)ccc2ccccc12. The van der Waals surface area contributed by atoms with Crippen LogP contribution in [0, 0.1) is 12.8 Å². The molecule has 104 valence electrons. The van der Waals surface area contributed by atoms with Gasteiger partial charge in [0.05, 0.1) is 0 Å². The molecule has 0 aliphatic heterocycles. The van der Waals surface area contributed by atoms with Crippen molar-refractivity contribution in [3.63, 3.8) is 0 Å². The largest absolute Gasteiger partial charge is 0.103 e. The van der Waals surface area contributed by atoms with Crippen molar-refractivity contribution < 1.29 is 0 Å². The normalized spacial score (nSPS) is 14.0. The fraction of sp³-hybridized carbons (Fsp3) is 0.300. The van der Waals surface area contributed by atoms with Gasteiger partial charge < -0.3 is 0 Å². The van der Waals surface area contributed by atoms with Crippen LogP contribution in [0.4, 0.5) is 0 Å². The summed E-state index contributed by atoms with van der Waals surface area (Å²) >= 11 is 0. The summed E-state index contributed by atoms with van der Waals surface area (Å²) in [5.41, 5.74) is 5.62. The lowest BCUT2D eigenvalue weighted by Gasteiger charge is -2.15. The molecule has 0 nitrogen and oxygen atoms in total. The molecule has 0 heterocycles. The van der Waals surface area contributed by atoms with Gasteiger partial charge in [0.2, 0.25) is 0 Å². The van der Waals surface area contributed by atoms with Gasteiger partial charge in [0.25, 0.3) is 0 Å². The molecule has 2 aromatic rings. The third kappa shape index (κ3) is 2.85. The van der Waals surface area contributed by atoms with E-state index in [9.17, 15) is 0 Å². The third-order valence-corrected chi connectivity index (χ3v) is 4.18. The summed E-state index contributed by atoms with van der Waals surface area (Å²) in [6, 6.07) is 13.1. The van der Waals surface area contributed by atoms with Crippen LogP contribution in [0.5, 0.6) is 0 Å². The highest BCUT2D eigenvalue weighted by Crippen LogP contribution is 2.31. The van der Waals surface area contributed by atoms with Crippen molar-refractivity contribution in [3.05, 3.63) is 65.8 Å². The minimum absolute atomic E-state index is 0.528. The summed E-state index contributed by atoms with van der Waals surface area (Å²) in [5, 5.41) is 2.67. The van der Waals surface area contributed by atoms with Gasteiger partial charge in [0.1, 0.15) is 0 Å². The molecule has 1 atom stereocenters. The average Bonchev–Trinajstić information content (AvgIpc) is 2.46. The van der Waals surface area contributed by atoms with E-state index in [-0.39, 0.29) is 0 Å². The molecule has 0 spiro atoms. The number of fused-ring (bicyclic) bond motifs is 1. The second-order valence-electron chi connectivity index (χ2n) is 5.80. The molecule has 0 saturated heterocycles. The lowest BCUT2D eigenvalue weighted by atomic mass is 9.89. The molecule has 0 aliphatic carbocycles. The van der Waals surface area contributed by atoms with Crippen molar-refractivity contribution in [2.24, 2.45) is 5.92 Å². The second kappa shape index (κ2) is 6.09. The van der Waals surface area contributed by atoms with Gasteiger partial charge in [0, 0.05) is 0 Å². The molecule has 2 rings (SSSR count). The van der Waals surface area contributed by atoms with Crippen LogP contribution in [-0.4, -0.2) is 0 Å². The maximum absolute atomic E-state index is 3.89. The Morgan fingerprint density at radius 1 is 1.15 bits per heavy atom. The van der Waals surface area contributed by atoms with E-state index in [1.807, 2.05) is 6.08 Å². The predicted molar refractivity (Wildman–Crippen MR) is 90.9 cm³/mol. The first-order valence-corrected chi connectivity index (χ1v) is 7.32. The Morgan fingerprint density at radius 2 is 1.85 bits per heavy atom. The Balaban J connectivity index is 2.59. The lowest BCUT2D eigenvalue weighted by Crippen LogP contribution is -1.95. The van der Waals surface area contributed by atoms with Crippen LogP contribution >= 0.6 is 0 Å². The van der Waals surface area contributed by atoms with Gasteiger partial charge >= 0.3 is 0 Å². The quantitative estimate of drug-likeness (QED) is 0.581. The van der Waals surface area contributed by atoms with Gasteiger partial charge in [0.15, 0.2) is 0 Å². The smallest absolute Gasteiger partial charge is 0.0106 e. The standard InChI is InChI=1S/C20H24/c1-6-14(2)13-16(4)17(5)20-15(3)11-12-18-9-7-8-10-19(18)20/h6-12,14H,1,13H2,2-5H3/b17-16+. The number of benzene rings is 2. The molecule has 0 bridgehead atoms. The molecule has 2 aromatic carbocycles. The van der Waals surface area contributed by atoms with Gasteiger partial charge in [-0.25, -0.2) is 0 Å². The van der Waals surface area contributed by atoms with Crippen molar-refractivity contribution in [2.45, 2.75) is 34.1 Å². The first kappa shape index (κ1) is 14.6. The topological polar surface area (TPSA) is 0 Å². The zero-order valence-electron chi connectivity index (χ0n) is 13.0. The maximum Gasteiger partial charge on any atom is -0.0106 e. The Labute approximate surface area is 122 Å². The summed E-state index contributed by atoms with van der Waals surface area (Å²) in [6.07, 6.45) is 3.12. The van der Waals surface area contributed by atoms with Crippen LogP contribution in [0.15, 0.2) is 54.6 Å². The molecular formula is C20H24. The Bertz CT molecular complexity index is 659. The fourth-order valence-corrected chi connectivity index (χ4v) is 2.81. The van der Waals surface area contributed by atoms with Crippen LogP contribution < -0.4 is 0 Å². The molecule has 0 aromatic heterocycles. The number of hydrogen-bond acceptors (Lipinski definition) is 0. The molecule has 0 fully saturated rings. The van der Waals surface area contributed by atoms with E-state index in [1.165, 1.54) is 33.0 Å². The summed E-state index contributed by atoms with van der Waals surface area (Å²) in [4.78, 5) is 0. The number of allylic oxidation sites excluding steroid dienone is 3. The second-order valence-corrected chi connectivity index (χ2v) is 5.80. The Kier molecular flexibility index (Phi) is 4.44. The monoisotopic (exact) mass is 264 g/mol. The number of aryl methyl sites for hydroxylation is 1. The van der Waals surface area contributed by atoms with Crippen molar-refractivity contribution in [1.82, 2.24) is 0 Å². The van der Waals surface area contributed by atoms with E-state index in [0.717, 1.165) is 6.42 Å². The number of rotatable bonds is 4. The molecule has 1 unspecified atom stereocenters. The molecule has 20 heavy (non-hydrogen) atoms. The van der Waals surface area contributed by atoms with E-state index < -0.39 is 0 Å². The third-order valence-electron chi connectivity index (χ3n) is 4.18. The lowest BCUT2D eigenvalue weighted by molar-refractivity contribution is 0.719. The maximum atomic E-state index is 3.89. The number of hydrogen-bond donors (Lipinski definition) is 0. The molecule has 0 radical (unpaired) electrons.